The molecule has 0 amide bonds. The van der Waals surface area contributed by atoms with Crippen LogP contribution in [0.15, 0.2) is 36.5 Å². The number of hydrogen-bond donors (Lipinski definition) is 1. The van der Waals surface area contributed by atoms with Crippen LogP contribution in [0.25, 0.3) is 22.3 Å². The second kappa shape index (κ2) is 6.59. The fourth-order valence-electron chi connectivity index (χ4n) is 4.07. The average molecular weight is 373 g/mol. The molecular formula is C21H22F3N3. The molecule has 1 aromatic carbocycles. The van der Waals surface area contributed by atoms with Crippen LogP contribution in [0.5, 0.6) is 0 Å². The largest absolute Gasteiger partial charge is 0.417 e. The molecule has 2 N–H and O–H groups in total. The molecule has 3 aromatic rings. The Labute approximate surface area is 156 Å². The summed E-state index contributed by atoms with van der Waals surface area (Å²) < 4.78 is 41.6. The molecule has 1 fully saturated rings. The molecule has 2 aromatic heterocycles. The first-order chi connectivity index (χ1) is 12.9. The van der Waals surface area contributed by atoms with Gasteiger partial charge in [-0.05, 0) is 25.8 Å². The van der Waals surface area contributed by atoms with Gasteiger partial charge in [-0.15, -0.1) is 0 Å². The second-order valence-corrected chi connectivity index (χ2v) is 7.38. The Hall–Kier alpha value is -2.50. The molecule has 1 aliphatic rings. The molecule has 1 saturated carbocycles. The van der Waals surface area contributed by atoms with Crippen LogP contribution in [-0.2, 0) is 6.18 Å². The first-order valence-electron chi connectivity index (χ1n) is 9.30. The number of nitrogen functional groups attached to an aromatic ring is 1. The van der Waals surface area contributed by atoms with Gasteiger partial charge in [0.1, 0.15) is 5.65 Å². The van der Waals surface area contributed by atoms with Crippen molar-refractivity contribution in [3.05, 3.63) is 47.7 Å². The van der Waals surface area contributed by atoms with Crippen LogP contribution in [0.4, 0.5) is 18.9 Å². The lowest BCUT2D eigenvalue weighted by Gasteiger charge is -2.26. The minimum Gasteiger partial charge on any atom is -0.396 e. The van der Waals surface area contributed by atoms with Crippen molar-refractivity contribution in [2.75, 3.05) is 5.73 Å². The second-order valence-electron chi connectivity index (χ2n) is 7.38. The number of alkyl halides is 3. The number of hydrogen-bond acceptors (Lipinski definition) is 2. The van der Waals surface area contributed by atoms with Crippen LogP contribution in [0.2, 0.25) is 0 Å². The Morgan fingerprint density at radius 2 is 1.74 bits per heavy atom. The lowest BCUT2D eigenvalue weighted by Crippen LogP contribution is -2.14. The van der Waals surface area contributed by atoms with E-state index in [1.807, 2.05) is 31.2 Å². The van der Waals surface area contributed by atoms with Crippen molar-refractivity contribution in [1.82, 2.24) is 9.55 Å². The smallest absolute Gasteiger partial charge is 0.396 e. The van der Waals surface area contributed by atoms with Gasteiger partial charge in [-0.2, -0.15) is 13.2 Å². The first kappa shape index (κ1) is 17.9. The van der Waals surface area contributed by atoms with Gasteiger partial charge in [-0.25, -0.2) is 4.98 Å². The van der Waals surface area contributed by atoms with Crippen molar-refractivity contribution in [3.8, 4) is 11.3 Å². The first-order valence-corrected chi connectivity index (χ1v) is 9.30. The summed E-state index contributed by atoms with van der Waals surface area (Å²) in [7, 11) is 0. The quantitative estimate of drug-likeness (QED) is 0.588. The van der Waals surface area contributed by atoms with E-state index in [4.69, 9.17) is 5.73 Å². The number of fused-ring (bicyclic) bond motifs is 1. The highest BCUT2D eigenvalue weighted by Crippen LogP contribution is 2.43. The monoisotopic (exact) mass is 373 g/mol. The summed E-state index contributed by atoms with van der Waals surface area (Å²) in [4.78, 5) is 4.21. The van der Waals surface area contributed by atoms with Crippen LogP contribution in [0, 0.1) is 6.92 Å². The van der Waals surface area contributed by atoms with E-state index in [1.54, 1.807) is 0 Å². The molecule has 0 unspecified atom stereocenters. The van der Waals surface area contributed by atoms with Gasteiger partial charge in [0.15, 0.2) is 0 Å². The SMILES string of the molecule is Cc1ccc(-c2c(N)c3cc(C(F)(F)F)cnc3n2C2CCCCC2)cc1. The van der Waals surface area contributed by atoms with Crippen molar-refractivity contribution in [2.24, 2.45) is 0 Å². The average Bonchev–Trinajstić information content (AvgIpc) is 2.95. The summed E-state index contributed by atoms with van der Waals surface area (Å²) in [6.07, 6.45) is 1.87. The standard InChI is InChI=1S/C21H22F3N3/c1-13-7-9-14(10-8-13)19-18(25)17-11-15(21(22,23)24)12-26-20(17)27(19)16-5-3-2-4-6-16/h7-12,16H,2-6,25H2,1H3. The highest BCUT2D eigenvalue weighted by molar-refractivity contribution is 5.99. The van der Waals surface area contributed by atoms with E-state index in [1.165, 1.54) is 6.42 Å². The number of aromatic nitrogens is 2. The summed E-state index contributed by atoms with van der Waals surface area (Å²) >= 11 is 0. The Morgan fingerprint density at radius 1 is 1.07 bits per heavy atom. The number of benzene rings is 1. The fourth-order valence-corrected chi connectivity index (χ4v) is 4.07. The Kier molecular flexibility index (Phi) is 4.36. The molecule has 2 heterocycles. The maximum atomic E-state index is 13.2. The van der Waals surface area contributed by atoms with Gasteiger partial charge in [0.2, 0.25) is 0 Å². The van der Waals surface area contributed by atoms with Crippen molar-refractivity contribution in [2.45, 2.75) is 51.2 Å². The zero-order valence-corrected chi connectivity index (χ0v) is 15.2. The zero-order chi connectivity index (χ0) is 19.2. The predicted octanol–water partition coefficient (Wildman–Crippen LogP) is 6.12. The number of nitrogens with two attached hydrogens (primary N) is 1. The fraction of sp³-hybridized carbons (Fsp3) is 0.381. The third kappa shape index (κ3) is 3.17. The van der Waals surface area contributed by atoms with Gasteiger partial charge in [-0.3, -0.25) is 0 Å². The summed E-state index contributed by atoms with van der Waals surface area (Å²) in [5, 5.41) is 0.381. The van der Waals surface area contributed by atoms with Crippen molar-refractivity contribution in [3.63, 3.8) is 0 Å². The van der Waals surface area contributed by atoms with E-state index in [9.17, 15) is 13.2 Å². The Bertz CT molecular complexity index is 965. The van der Waals surface area contributed by atoms with E-state index in [2.05, 4.69) is 9.55 Å². The van der Waals surface area contributed by atoms with Gasteiger partial charge >= 0.3 is 6.18 Å². The minimum absolute atomic E-state index is 0.207. The number of nitrogens with zero attached hydrogens (tertiary/aromatic N) is 2. The lowest BCUT2D eigenvalue weighted by atomic mass is 9.94. The normalized spacial score (nSPS) is 16.1. The molecule has 3 nitrogen and oxygen atoms in total. The van der Waals surface area contributed by atoms with E-state index in [0.29, 0.717) is 16.7 Å². The molecule has 6 heteroatoms. The number of rotatable bonds is 2. The number of aryl methyl sites for hydroxylation is 1. The summed E-state index contributed by atoms with van der Waals surface area (Å²) in [6.45, 7) is 2.00. The molecular weight excluding hydrogens is 351 g/mol. The third-order valence-corrected chi connectivity index (χ3v) is 5.47. The molecule has 0 saturated heterocycles. The van der Waals surface area contributed by atoms with Crippen LogP contribution in [0.3, 0.4) is 0 Å². The number of anilines is 1. The molecule has 142 valence electrons. The Balaban J connectivity index is 1.98. The van der Waals surface area contributed by atoms with Gasteiger partial charge < -0.3 is 10.3 Å². The zero-order valence-electron chi connectivity index (χ0n) is 15.2. The molecule has 0 spiro atoms. The van der Waals surface area contributed by atoms with Gasteiger partial charge in [0.25, 0.3) is 0 Å². The number of pyridine rings is 1. The maximum Gasteiger partial charge on any atom is 0.417 e. The van der Waals surface area contributed by atoms with E-state index < -0.39 is 11.7 Å². The van der Waals surface area contributed by atoms with Crippen LogP contribution < -0.4 is 5.73 Å². The minimum atomic E-state index is -4.44. The highest BCUT2D eigenvalue weighted by Gasteiger charge is 2.33. The van der Waals surface area contributed by atoms with Crippen LogP contribution >= 0.6 is 0 Å². The van der Waals surface area contributed by atoms with Crippen molar-refractivity contribution >= 4 is 16.7 Å². The van der Waals surface area contributed by atoms with Crippen LogP contribution in [0.1, 0.15) is 49.3 Å². The van der Waals surface area contributed by atoms with Gasteiger partial charge in [0.05, 0.1) is 16.9 Å². The molecule has 0 atom stereocenters. The topological polar surface area (TPSA) is 43.8 Å². The predicted molar refractivity (Wildman–Crippen MR) is 101 cm³/mol. The molecule has 27 heavy (non-hydrogen) atoms. The summed E-state index contributed by atoms with van der Waals surface area (Å²) in [5.41, 5.74) is 9.37. The lowest BCUT2D eigenvalue weighted by molar-refractivity contribution is -0.137. The van der Waals surface area contributed by atoms with Gasteiger partial charge in [0, 0.05) is 23.2 Å². The molecule has 0 aliphatic heterocycles. The van der Waals surface area contributed by atoms with E-state index in [0.717, 1.165) is 54.8 Å². The molecule has 4 rings (SSSR count). The van der Waals surface area contributed by atoms with Crippen molar-refractivity contribution < 1.29 is 13.2 Å². The molecule has 1 aliphatic carbocycles. The van der Waals surface area contributed by atoms with E-state index >= 15 is 0 Å². The highest BCUT2D eigenvalue weighted by atomic mass is 19.4. The third-order valence-electron chi connectivity index (χ3n) is 5.47. The maximum absolute atomic E-state index is 13.2. The Morgan fingerprint density at radius 3 is 2.37 bits per heavy atom. The molecule has 0 radical (unpaired) electrons. The molecule has 0 bridgehead atoms. The van der Waals surface area contributed by atoms with Crippen molar-refractivity contribution in [1.29, 1.82) is 0 Å². The van der Waals surface area contributed by atoms with Gasteiger partial charge in [-0.1, -0.05) is 49.1 Å². The summed E-state index contributed by atoms with van der Waals surface area (Å²) in [6, 6.07) is 9.28. The summed E-state index contributed by atoms with van der Waals surface area (Å²) in [5.74, 6) is 0. The number of halogens is 3. The van der Waals surface area contributed by atoms with Crippen LogP contribution in [-0.4, -0.2) is 9.55 Å². The van der Waals surface area contributed by atoms with E-state index in [-0.39, 0.29) is 6.04 Å².